The maximum Gasteiger partial charge on any atom is 0.0753 e. The smallest absolute Gasteiger partial charge is 0.0753 e. The Hall–Kier alpha value is -6.65. The Bertz CT molecular complexity index is 3010. The van der Waals surface area contributed by atoms with Crippen molar-refractivity contribution < 1.29 is 0 Å². The number of rotatable bonds is 4. The van der Waals surface area contributed by atoms with Crippen LogP contribution in [0.4, 0.5) is 0 Å². The van der Waals surface area contributed by atoms with Gasteiger partial charge in [-0.05, 0) is 89.0 Å². The normalized spacial score (nSPS) is 13.3. The molecule has 52 heavy (non-hydrogen) atoms. The van der Waals surface area contributed by atoms with E-state index >= 15 is 0 Å². The van der Waals surface area contributed by atoms with Gasteiger partial charge in [-0.25, -0.2) is 0 Å². The molecule has 1 aliphatic rings. The minimum Gasteiger partial charge on any atom is -0.308 e. The zero-order chi connectivity index (χ0) is 34.6. The summed E-state index contributed by atoms with van der Waals surface area (Å²) in [7, 11) is 0. The Balaban J connectivity index is 1.11. The number of pyridine rings is 1. The second-order valence-corrected chi connectivity index (χ2v) is 14.5. The summed E-state index contributed by atoms with van der Waals surface area (Å²) >= 11 is 0. The molecular weight excluding hydrogens is 633 g/mol. The molecular formula is C48H34N4. The molecule has 6 aromatic carbocycles. The molecule has 4 heterocycles. The van der Waals surface area contributed by atoms with Gasteiger partial charge >= 0.3 is 0 Å². The lowest BCUT2D eigenvalue weighted by atomic mass is 9.81. The molecule has 4 aromatic heterocycles. The van der Waals surface area contributed by atoms with Crippen molar-refractivity contribution in [3.05, 3.63) is 181 Å². The first-order valence-corrected chi connectivity index (χ1v) is 18.0. The minimum atomic E-state index is -0.195. The number of hydrogen-bond donors (Lipinski definition) is 0. The molecule has 10 aromatic rings. The fraction of sp³-hybridized carbons (Fsp3) is 0.0625. The third-order valence-corrected chi connectivity index (χ3v) is 11.3. The molecule has 0 atom stereocenters. The van der Waals surface area contributed by atoms with Crippen molar-refractivity contribution >= 4 is 43.6 Å². The lowest BCUT2D eigenvalue weighted by Crippen LogP contribution is -2.14. The highest BCUT2D eigenvalue weighted by Crippen LogP contribution is 2.57. The molecule has 4 heteroatoms. The van der Waals surface area contributed by atoms with Crippen LogP contribution in [0.3, 0.4) is 0 Å². The van der Waals surface area contributed by atoms with E-state index in [1.165, 1.54) is 82.9 Å². The van der Waals surface area contributed by atoms with Gasteiger partial charge in [-0.15, -0.1) is 0 Å². The lowest BCUT2D eigenvalue weighted by molar-refractivity contribution is 0.672. The van der Waals surface area contributed by atoms with E-state index in [1.807, 2.05) is 18.5 Å². The second-order valence-electron chi connectivity index (χ2n) is 14.5. The van der Waals surface area contributed by atoms with Crippen LogP contribution in [0.2, 0.25) is 0 Å². The van der Waals surface area contributed by atoms with Crippen LogP contribution >= 0.6 is 0 Å². The van der Waals surface area contributed by atoms with E-state index in [4.69, 9.17) is 0 Å². The van der Waals surface area contributed by atoms with E-state index in [1.54, 1.807) is 0 Å². The molecule has 0 bridgehead atoms. The van der Waals surface area contributed by atoms with Gasteiger partial charge in [0.2, 0.25) is 0 Å². The quantitative estimate of drug-likeness (QED) is 0.184. The molecule has 246 valence electrons. The summed E-state index contributed by atoms with van der Waals surface area (Å²) in [5.41, 5.74) is 15.8. The van der Waals surface area contributed by atoms with Crippen molar-refractivity contribution in [2.75, 3.05) is 0 Å². The Kier molecular flexibility index (Phi) is 5.98. The lowest BCUT2D eigenvalue weighted by Gasteiger charge is -2.20. The third kappa shape index (κ3) is 3.89. The van der Waals surface area contributed by atoms with Gasteiger partial charge in [0.25, 0.3) is 0 Å². The van der Waals surface area contributed by atoms with Crippen molar-refractivity contribution in [3.63, 3.8) is 0 Å². The van der Waals surface area contributed by atoms with Crippen molar-refractivity contribution in [3.8, 4) is 39.6 Å². The molecule has 0 spiro atoms. The molecule has 0 saturated carbocycles. The predicted octanol–water partition coefficient (Wildman–Crippen LogP) is 12.0. The molecule has 0 aliphatic heterocycles. The molecule has 0 saturated heterocycles. The zero-order valence-electron chi connectivity index (χ0n) is 29.0. The summed E-state index contributed by atoms with van der Waals surface area (Å²) in [5, 5.41) is 5.09. The van der Waals surface area contributed by atoms with Crippen LogP contribution in [-0.4, -0.2) is 18.7 Å². The minimum absolute atomic E-state index is 0.195. The van der Waals surface area contributed by atoms with Gasteiger partial charge in [0.15, 0.2) is 0 Å². The summed E-state index contributed by atoms with van der Waals surface area (Å²) in [6, 6.07) is 57.4. The van der Waals surface area contributed by atoms with Crippen LogP contribution in [0.1, 0.15) is 25.0 Å². The second kappa shape index (κ2) is 10.7. The molecule has 0 unspecified atom stereocenters. The number of aromatic nitrogens is 4. The van der Waals surface area contributed by atoms with Gasteiger partial charge in [0.05, 0.1) is 45.3 Å². The number of para-hydroxylation sites is 4. The van der Waals surface area contributed by atoms with E-state index in [9.17, 15) is 0 Å². The summed E-state index contributed by atoms with van der Waals surface area (Å²) in [6.45, 7) is 4.81. The fourth-order valence-electron chi connectivity index (χ4n) is 9.15. The SMILES string of the molecule is CC1(C)c2c(n(-c3ccccc3)c3ccccc23)-c2c1c1ccccc1n2-c1ccc(-c2ccc3c(c2)c2ccccc2n3-c2cccnc2)cc1. The van der Waals surface area contributed by atoms with Crippen molar-refractivity contribution in [1.29, 1.82) is 0 Å². The average Bonchev–Trinajstić information content (AvgIpc) is 3.90. The van der Waals surface area contributed by atoms with Crippen LogP contribution in [0.5, 0.6) is 0 Å². The standard InChI is InChI=1S/C48H34N4/c1-48(2)44-37-17-7-10-20-41(37)51(33-13-4-3-5-14-33)46(44)47-45(48)38-18-8-11-21-42(38)52(47)34-25-22-31(23-26-34)32-24-27-43-39(29-32)36-16-6-9-19-40(36)50(43)35-15-12-28-49-30-35/h3-30H,1-2H3. The highest BCUT2D eigenvalue weighted by molar-refractivity contribution is 6.10. The van der Waals surface area contributed by atoms with Crippen LogP contribution < -0.4 is 0 Å². The number of fused-ring (bicyclic) bond motifs is 10. The van der Waals surface area contributed by atoms with Crippen molar-refractivity contribution in [2.45, 2.75) is 19.3 Å². The van der Waals surface area contributed by atoms with E-state index in [-0.39, 0.29) is 5.41 Å². The van der Waals surface area contributed by atoms with E-state index < -0.39 is 0 Å². The first-order chi connectivity index (χ1) is 25.6. The van der Waals surface area contributed by atoms with E-state index in [0.717, 1.165) is 11.4 Å². The Labute approximate surface area is 301 Å². The highest BCUT2D eigenvalue weighted by Gasteiger charge is 2.44. The molecule has 0 amide bonds. The van der Waals surface area contributed by atoms with Crippen LogP contribution in [0, 0.1) is 0 Å². The third-order valence-electron chi connectivity index (χ3n) is 11.3. The maximum absolute atomic E-state index is 4.42. The van der Waals surface area contributed by atoms with E-state index in [2.05, 4.69) is 184 Å². The van der Waals surface area contributed by atoms with Gasteiger partial charge in [0, 0.05) is 44.5 Å². The first-order valence-electron chi connectivity index (χ1n) is 18.0. The molecule has 4 nitrogen and oxygen atoms in total. The Morgan fingerprint density at radius 1 is 0.404 bits per heavy atom. The van der Waals surface area contributed by atoms with E-state index in [0.29, 0.717) is 0 Å². The topological polar surface area (TPSA) is 27.7 Å². The van der Waals surface area contributed by atoms with Gasteiger partial charge in [0.1, 0.15) is 0 Å². The summed E-state index contributed by atoms with van der Waals surface area (Å²) in [5.74, 6) is 0. The van der Waals surface area contributed by atoms with Crippen molar-refractivity contribution in [1.82, 2.24) is 18.7 Å². The maximum atomic E-state index is 4.42. The van der Waals surface area contributed by atoms with Gasteiger partial charge in [-0.3, -0.25) is 4.98 Å². The first kappa shape index (κ1) is 29.1. The highest BCUT2D eigenvalue weighted by atomic mass is 15.1. The number of benzene rings is 6. The molecule has 0 N–H and O–H groups in total. The number of nitrogens with zero attached hydrogens (tertiary/aromatic N) is 4. The molecule has 0 radical (unpaired) electrons. The number of hydrogen-bond acceptors (Lipinski definition) is 1. The van der Waals surface area contributed by atoms with Gasteiger partial charge < -0.3 is 13.7 Å². The molecule has 11 rings (SSSR count). The van der Waals surface area contributed by atoms with Crippen molar-refractivity contribution in [2.24, 2.45) is 0 Å². The monoisotopic (exact) mass is 666 g/mol. The Morgan fingerprint density at radius 3 is 1.52 bits per heavy atom. The largest absolute Gasteiger partial charge is 0.308 e. The predicted molar refractivity (Wildman–Crippen MR) is 215 cm³/mol. The van der Waals surface area contributed by atoms with Crippen LogP contribution in [-0.2, 0) is 5.41 Å². The van der Waals surface area contributed by atoms with Gasteiger partial charge in [-0.1, -0.05) is 105 Å². The average molecular weight is 667 g/mol. The van der Waals surface area contributed by atoms with Crippen LogP contribution in [0.15, 0.2) is 170 Å². The van der Waals surface area contributed by atoms with Crippen LogP contribution in [0.25, 0.3) is 83.2 Å². The summed E-state index contributed by atoms with van der Waals surface area (Å²) in [6.07, 6.45) is 3.76. The zero-order valence-corrected chi connectivity index (χ0v) is 29.0. The van der Waals surface area contributed by atoms with Gasteiger partial charge in [-0.2, -0.15) is 0 Å². The fourth-order valence-corrected chi connectivity index (χ4v) is 9.15. The Morgan fingerprint density at radius 2 is 0.904 bits per heavy atom. The summed E-state index contributed by atoms with van der Waals surface area (Å²) < 4.78 is 7.30. The summed E-state index contributed by atoms with van der Waals surface area (Å²) in [4.78, 5) is 4.42. The molecule has 1 aliphatic carbocycles. The molecule has 0 fully saturated rings.